The first-order valence-corrected chi connectivity index (χ1v) is 5.85. The molecule has 1 aromatic heterocycles. The van der Waals surface area contributed by atoms with E-state index >= 15 is 0 Å². The molecule has 1 aromatic carbocycles. The minimum Gasteiger partial charge on any atom is -0.466 e. The van der Waals surface area contributed by atoms with Gasteiger partial charge in [-0.2, -0.15) is 5.01 Å². The first-order valence-electron chi connectivity index (χ1n) is 5.85. The molecule has 20 heavy (non-hydrogen) atoms. The van der Waals surface area contributed by atoms with Gasteiger partial charge >= 0.3 is 0 Å². The molecule has 0 radical (unpaired) electrons. The summed E-state index contributed by atoms with van der Waals surface area (Å²) >= 11 is 0. The van der Waals surface area contributed by atoms with Crippen LogP contribution in [0.2, 0.25) is 0 Å². The van der Waals surface area contributed by atoms with Crippen molar-refractivity contribution in [3.05, 3.63) is 60.3 Å². The molecular formula is C14H12ClN3O2. The third-order valence-corrected chi connectivity index (χ3v) is 2.65. The van der Waals surface area contributed by atoms with Crippen LogP contribution in [0.15, 0.2) is 59.8 Å². The molecule has 0 aliphatic carbocycles. The van der Waals surface area contributed by atoms with Gasteiger partial charge in [-0.25, -0.2) is 4.98 Å². The summed E-state index contributed by atoms with van der Waals surface area (Å²) in [5.41, 5.74) is 0.830. The number of hydrogen-bond acceptors (Lipinski definition) is 4. The molecule has 0 saturated carbocycles. The zero-order chi connectivity index (χ0) is 13.1. The number of rotatable bonds is 2. The van der Waals surface area contributed by atoms with Crippen molar-refractivity contribution >= 4 is 30.0 Å². The highest BCUT2D eigenvalue weighted by Crippen LogP contribution is 2.16. The number of hydrazone groups is 1. The second-order valence-corrected chi connectivity index (χ2v) is 3.95. The number of aromatic nitrogens is 1. The highest BCUT2D eigenvalue weighted by atomic mass is 35.5. The SMILES string of the molecule is Cl.O=C1COC(c2ccccc2)=NN1c1ccccn1. The van der Waals surface area contributed by atoms with Crippen LogP contribution in [-0.2, 0) is 9.53 Å². The Bertz CT molecular complexity index is 617. The second kappa shape index (κ2) is 6.16. The zero-order valence-corrected chi connectivity index (χ0v) is 11.3. The molecule has 2 heterocycles. The highest BCUT2D eigenvalue weighted by molar-refractivity contribution is 6.03. The minimum absolute atomic E-state index is 0. The molecule has 0 bridgehead atoms. The van der Waals surface area contributed by atoms with Gasteiger partial charge in [0, 0.05) is 11.8 Å². The Hall–Kier alpha value is -2.40. The smallest absolute Gasteiger partial charge is 0.286 e. The van der Waals surface area contributed by atoms with Crippen LogP contribution in [0.3, 0.4) is 0 Å². The van der Waals surface area contributed by atoms with E-state index < -0.39 is 0 Å². The maximum absolute atomic E-state index is 11.8. The molecule has 3 rings (SSSR count). The van der Waals surface area contributed by atoms with E-state index in [1.54, 1.807) is 18.3 Å². The Morgan fingerprint density at radius 1 is 1.05 bits per heavy atom. The Morgan fingerprint density at radius 2 is 1.80 bits per heavy atom. The number of halogens is 1. The zero-order valence-electron chi connectivity index (χ0n) is 10.5. The normalized spacial score (nSPS) is 14.1. The van der Waals surface area contributed by atoms with Crippen LogP contribution < -0.4 is 5.01 Å². The Kier molecular flexibility index (Phi) is 4.32. The van der Waals surface area contributed by atoms with E-state index in [9.17, 15) is 4.79 Å². The fraction of sp³-hybridized carbons (Fsp3) is 0.0714. The predicted molar refractivity (Wildman–Crippen MR) is 77.9 cm³/mol. The predicted octanol–water partition coefficient (Wildman–Crippen LogP) is 2.23. The molecule has 0 spiro atoms. The number of benzene rings is 1. The average Bonchev–Trinajstić information content (AvgIpc) is 2.49. The molecule has 102 valence electrons. The number of carbonyl (C=O) groups is 1. The standard InChI is InChI=1S/C14H11N3O2.ClH/c18-13-10-19-14(11-6-2-1-3-7-11)16-17(13)12-8-4-5-9-15-12;/h1-9H,10H2;1H. The number of pyridine rings is 1. The van der Waals surface area contributed by atoms with Gasteiger partial charge in [0.25, 0.3) is 5.91 Å². The quantitative estimate of drug-likeness (QED) is 0.852. The monoisotopic (exact) mass is 289 g/mol. The second-order valence-electron chi connectivity index (χ2n) is 3.95. The van der Waals surface area contributed by atoms with Crippen LogP contribution in [0.25, 0.3) is 0 Å². The van der Waals surface area contributed by atoms with Gasteiger partial charge < -0.3 is 4.74 Å². The van der Waals surface area contributed by atoms with Gasteiger partial charge in [0.15, 0.2) is 12.4 Å². The first kappa shape index (κ1) is 14.0. The first-order chi connectivity index (χ1) is 9.34. The van der Waals surface area contributed by atoms with Crippen LogP contribution in [0.4, 0.5) is 5.82 Å². The summed E-state index contributed by atoms with van der Waals surface area (Å²) in [6, 6.07) is 14.8. The third-order valence-electron chi connectivity index (χ3n) is 2.65. The van der Waals surface area contributed by atoms with Crippen molar-refractivity contribution in [2.24, 2.45) is 5.10 Å². The molecule has 2 aromatic rings. The molecule has 0 N–H and O–H groups in total. The number of amides is 1. The maximum Gasteiger partial charge on any atom is 0.286 e. The van der Waals surface area contributed by atoms with Gasteiger partial charge in [-0.15, -0.1) is 17.5 Å². The van der Waals surface area contributed by atoms with Gasteiger partial charge in [-0.3, -0.25) is 4.79 Å². The fourth-order valence-electron chi connectivity index (χ4n) is 1.75. The summed E-state index contributed by atoms with van der Waals surface area (Å²) in [6.07, 6.45) is 1.62. The largest absolute Gasteiger partial charge is 0.466 e. The minimum atomic E-state index is -0.238. The molecule has 1 aliphatic rings. The fourth-order valence-corrected chi connectivity index (χ4v) is 1.75. The molecular weight excluding hydrogens is 278 g/mol. The van der Waals surface area contributed by atoms with Gasteiger partial charge in [0.2, 0.25) is 5.90 Å². The van der Waals surface area contributed by atoms with E-state index in [1.807, 2.05) is 36.4 Å². The van der Waals surface area contributed by atoms with Crippen LogP contribution in [0.5, 0.6) is 0 Å². The van der Waals surface area contributed by atoms with Crippen molar-refractivity contribution in [1.29, 1.82) is 0 Å². The van der Waals surface area contributed by atoms with E-state index in [0.29, 0.717) is 11.7 Å². The Balaban J connectivity index is 0.00000147. The van der Waals surface area contributed by atoms with Crippen LogP contribution >= 0.6 is 12.4 Å². The van der Waals surface area contributed by atoms with Gasteiger partial charge in [0.05, 0.1) is 0 Å². The molecule has 5 nitrogen and oxygen atoms in total. The van der Waals surface area contributed by atoms with Gasteiger partial charge in [-0.1, -0.05) is 24.3 Å². The summed E-state index contributed by atoms with van der Waals surface area (Å²) in [4.78, 5) is 15.9. The lowest BCUT2D eigenvalue weighted by Crippen LogP contribution is -2.37. The lowest BCUT2D eigenvalue weighted by atomic mass is 10.2. The van der Waals surface area contributed by atoms with Crippen LogP contribution in [-0.4, -0.2) is 23.4 Å². The van der Waals surface area contributed by atoms with E-state index in [1.165, 1.54) is 5.01 Å². The topological polar surface area (TPSA) is 54.8 Å². The molecule has 0 fully saturated rings. The van der Waals surface area contributed by atoms with E-state index in [4.69, 9.17) is 4.74 Å². The highest BCUT2D eigenvalue weighted by Gasteiger charge is 2.24. The summed E-state index contributed by atoms with van der Waals surface area (Å²) < 4.78 is 5.36. The van der Waals surface area contributed by atoms with Crippen molar-refractivity contribution in [3.8, 4) is 0 Å². The summed E-state index contributed by atoms with van der Waals surface area (Å²) in [5.74, 6) is 0.675. The molecule has 0 unspecified atom stereocenters. The van der Waals surface area contributed by atoms with Crippen LogP contribution in [0.1, 0.15) is 5.56 Å². The molecule has 1 amide bonds. The maximum atomic E-state index is 11.8. The van der Waals surface area contributed by atoms with Crippen LogP contribution in [0, 0.1) is 0 Å². The number of ether oxygens (including phenoxy) is 1. The van der Waals surface area contributed by atoms with E-state index in [2.05, 4.69) is 10.1 Å². The third kappa shape index (κ3) is 2.78. The Morgan fingerprint density at radius 3 is 2.50 bits per heavy atom. The van der Waals surface area contributed by atoms with Crippen molar-refractivity contribution in [3.63, 3.8) is 0 Å². The number of anilines is 1. The van der Waals surface area contributed by atoms with E-state index in [-0.39, 0.29) is 24.9 Å². The molecule has 0 atom stereocenters. The van der Waals surface area contributed by atoms with Gasteiger partial charge in [-0.05, 0) is 24.3 Å². The summed E-state index contributed by atoms with van der Waals surface area (Å²) in [7, 11) is 0. The van der Waals surface area contributed by atoms with Crippen molar-refractivity contribution in [2.45, 2.75) is 0 Å². The Labute approximate surface area is 122 Å². The number of nitrogens with zero attached hydrogens (tertiary/aromatic N) is 3. The lowest BCUT2D eigenvalue weighted by Gasteiger charge is -2.22. The molecule has 1 aliphatic heterocycles. The number of carbonyl (C=O) groups excluding carboxylic acids is 1. The van der Waals surface area contributed by atoms with Crippen molar-refractivity contribution in [2.75, 3.05) is 11.6 Å². The van der Waals surface area contributed by atoms with Crippen molar-refractivity contribution < 1.29 is 9.53 Å². The van der Waals surface area contributed by atoms with Gasteiger partial charge in [0.1, 0.15) is 0 Å². The van der Waals surface area contributed by atoms with Crippen molar-refractivity contribution in [1.82, 2.24) is 4.98 Å². The summed E-state index contributed by atoms with van der Waals surface area (Å²) in [5, 5.41) is 5.49. The molecule has 0 saturated heterocycles. The number of hydrogen-bond donors (Lipinski definition) is 0. The molecule has 6 heteroatoms. The van der Waals surface area contributed by atoms with E-state index in [0.717, 1.165) is 5.56 Å². The average molecular weight is 290 g/mol. The lowest BCUT2D eigenvalue weighted by molar-refractivity contribution is -0.121. The summed E-state index contributed by atoms with van der Waals surface area (Å²) in [6.45, 7) is -0.0374.